The molecule has 0 aliphatic rings. The van der Waals surface area contributed by atoms with Crippen molar-refractivity contribution in [1.82, 2.24) is 4.57 Å². The van der Waals surface area contributed by atoms with Crippen LogP contribution in [-0.2, 0) is 4.74 Å². The lowest BCUT2D eigenvalue weighted by atomic mass is 10.1. The summed E-state index contributed by atoms with van der Waals surface area (Å²) in [5, 5.41) is 9.76. The number of carboxylic acid groups (broad SMARTS) is 1. The van der Waals surface area contributed by atoms with Crippen molar-refractivity contribution in [3.8, 4) is 5.75 Å². The predicted octanol–water partition coefficient (Wildman–Crippen LogP) is 3.44. The number of methoxy groups -OCH3 is 1. The standard InChI is InChI=1S/C16H19NO5/c1-9-6-11-13(12(7-9)21-5)10(14(18)19)8-17(11)15(20)22-16(2,3)4/h6-8H,1-5H3,(H,18,19). The first-order valence-corrected chi connectivity index (χ1v) is 6.80. The molecule has 0 bridgehead atoms. The van der Waals surface area contributed by atoms with E-state index in [9.17, 15) is 14.7 Å². The highest BCUT2D eigenvalue weighted by Crippen LogP contribution is 2.32. The van der Waals surface area contributed by atoms with Gasteiger partial charge in [0.1, 0.15) is 11.4 Å². The number of rotatable bonds is 2. The van der Waals surface area contributed by atoms with Crippen molar-refractivity contribution in [2.45, 2.75) is 33.3 Å². The first-order chi connectivity index (χ1) is 10.1. The van der Waals surface area contributed by atoms with Gasteiger partial charge in [0.05, 0.1) is 23.6 Å². The van der Waals surface area contributed by atoms with Gasteiger partial charge >= 0.3 is 12.1 Å². The normalized spacial score (nSPS) is 11.5. The van der Waals surface area contributed by atoms with Crippen LogP contribution in [0.3, 0.4) is 0 Å². The second kappa shape index (κ2) is 5.36. The highest BCUT2D eigenvalue weighted by molar-refractivity contribution is 6.08. The van der Waals surface area contributed by atoms with E-state index in [-0.39, 0.29) is 5.56 Å². The minimum atomic E-state index is -1.13. The molecular weight excluding hydrogens is 286 g/mol. The van der Waals surface area contributed by atoms with E-state index in [0.717, 1.165) is 5.56 Å². The number of carbonyl (C=O) groups excluding carboxylic acids is 1. The third-order valence-electron chi connectivity index (χ3n) is 3.05. The molecule has 6 heteroatoms. The highest BCUT2D eigenvalue weighted by Gasteiger charge is 2.24. The lowest BCUT2D eigenvalue weighted by molar-refractivity contribution is 0.0544. The number of fused-ring (bicyclic) bond motifs is 1. The van der Waals surface area contributed by atoms with Crippen LogP contribution >= 0.6 is 0 Å². The van der Waals surface area contributed by atoms with Crippen LogP contribution in [0.1, 0.15) is 36.7 Å². The summed E-state index contributed by atoms with van der Waals surface area (Å²) < 4.78 is 11.8. The summed E-state index contributed by atoms with van der Waals surface area (Å²) >= 11 is 0. The minimum absolute atomic E-state index is 0.00212. The molecule has 1 heterocycles. The van der Waals surface area contributed by atoms with E-state index in [0.29, 0.717) is 16.7 Å². The predicted molar refractivity (Wildman–Crippen MR) is 81.8 cm³/mol. The van der Waals surface area contributed by atoms with Crippen molar-refractivity contribution in [1.29, 1.82) is 0 Å². The van der Waals surface area contributed by atoms with Crippen LogP contribution in [0.5, 0.6) is 5.75 Å². The SMILES string of the molecule is COc1cc(C)cc2c1c(C(=O)O)cn2C(=O)OC(C)(C)C. The monoisotopic (exact) mass is 305 g/mol. The van der Waals surface area contributed by atoms with Crippen LogP contribution in [-0.4, -0.2) is 34.4 Å². The number of aromatic nitrogens is 1. The Bertz CT molecular complexity index is 752. The van der Waals surface area contributed by atoms with Crippen molar-refractivity contribution >= 4 is 23.0 Å². The van der Waals surface area contributed by atoms with E-state index in [2.05, 4.69) is 0 Å². The number of benzene rings is 1. The lowest BCUT2D eigenvalue weighted by Gasteiger charge is -2.19. The zero-order chi connectivity index (χ0) is 16.7. The molecule has 2 rings (SSSR count). The van der Waals surface area contributed by atoms with E-state index in [1.807, 2.05) is 6.92 Å². The molecule has 0 saturated heterocycles. The molecule has 0 radical (unpaired) electrons. The van der Waals surface area contributed by atoms with Crippen LogP contribution in [0.25, 0.3) is 10.9 Å². The van der Waals surface area contributed by atoms with Crippen molar-refractivity contribution in [2.75, 3.05) is 7.11 Å². The summed E-state index contributed by atoms with van der Waals surface area (Å²) in [6, 6.07) is 3.46. The maximum Gasteiger partial charge on any atom is 0.419 e. The summed E-state index contributed by atoms with van der Waals surface area (Å²) in [6.45, 7) is 7.09. The highest BCUT2D eigenvalue weighted by atomic mass is 16.6. The first kappa shape index (κ1) is 15.9. The second-order valence-corrected chi connectivity index (χ2v) is 6.06. The van der Waals surface area contributed by atoms with Gasteiger partial charge in [-0.1, -0.05) is 0 Å². The molecule has 0 amide bonds. The summed E-state index contributed by atoms with van der Waals surface area (Å²) in [5.74, 6) is -0.718. The third-order valence-corrected chi connectivity index (χ3v) is 3.05. The fourth-order valence-electron chi connectivity index (χ4n) is 2.24. The van der Waals surface area contributed by atoms with Gasteiger partial charge in [-0.3, -0.25) is 4.57 Å². The zero-order valence-corrected chi connectivity index (χ0v) is 13.3. The molecule has 6 nitrogen and oxygen atoms in total. The maximum atomic E-state index is 12.3. The third kappa shape index (κ3) is 2.90. The molecule has 118 valence electrons. The van der Waals surface area contributed by atoms with Gasteiger partial charge in [-0.25, -0.2) is 9.59 Å². The molecule has 1 N–H and O–H groups in total. The average Bonchev–Trinajstić information content (AvgIpc) is 2.75. The smallest absolute Gasteiger partial charge is 0.419 e. The van der Waals surface area contributed by atoms with E-state index in [4.69, 9.17) is 9.47 Å². The van der Waals surface area contributed by atoms with Crippen LogP contribution in [0, 0.1) is 6.92 Å². The fraction of sp³-hybridized carbons (Fsp3) is 0.375. The number of carbonyl (C=O) groups is 2. The molecule has 0 fully saturated rings. The Morgan fingerprint density at radius 1 is 1.23 bits per heavy atom. The van der Waals surface area contributed by atoms with Gasteiger partial charge in [-0.05, 0) is 45.4 Å². The molecule has 22 heavy (non-hydrogen) atoms. The van der Waals surface area contributed by atoms with Gasteiger partial charge in [-0.15, -0.1) is 0 Å². The fourth-order valence-corrected chi connectivity index (χ4v) is 2.24. The van der Waals surface area contributed by atoms with Crippen molar-refractivity contribution in [3.05, 3.63) is 29.5 Å². The Hall–Kier alpha value is -2.50. The van der Waals surface area contributed by atoms with Gasteiger partial charge in [0.2, 0.25) is 0 Å². The Labute approximate surface area is 128 Å². The molecule has 0 aliphatic heterocycles. The lowest BCUT2D eigenvalue weighted by Crippen LogP contribution is -2.26. The van der Waals surface area contributed by atoms with Crippen molar-refractivity contribution in [3.63, 3.8) is 0 Å². The van der Waals surface area contributed by atoms with Crippen LogP contribution in [0.2, 0.25) is 0 Å². The van der Waals surface area contributed by atoms with Gasteiger partial charge in [0, 0.05) is 6.20 Å². The molecule has 0 spiro atoms. The molecule has 0 saturated carbocycles. The maximum absolute atomic E-state index is 12.3. The molecule has 0 atom stereocenters. The van der Waals surface area contributed by atoms with Gasteiger partial charge in [0.25, 0.3) is 0 Å². The molecular formula is C16H19NO5. The summed E-state index contributed by atoms with van der Waals surface area (Å²) in [5.41, 5.74) is 0.621. The Balaban J connectivity index is 2.73. The largest absolute Gasteiger partial charge is 0.496 e. The number of aromatic carboxylic acids is 1. The van der Waals surface area contributed by atoms with Crippen LogP contribution in [0.4, 0.5) is 4.79 Å². The average molecular weight is 305 g/mol. The minimum Gasteiger partial charge on any atom is -0.496 e. The van der Waals surface area contributed by atoms with Gasteiger partial charge < -0.3 is 14.6 Å². The van der Waals surface area contributed by atoms with Gasteiger partial charge in [0.15, 0.2) is 0 Å². The van der Waals surface area contributed by atoms with Crippen molar-refractivity contribution < 1.29 is 24.2 Å². The summed E-state index contributed by atoms with van der Waals surface area (Å²) in [6.07, 6.45) is 0.640. The van der Waals surface area contributed by atoms with Crippen molar-refractivity contribution in [2.24, 2.45) is 0 Å². The molecule has 1 aromatic heterocycles. The Morgan fingerprint density at radius 3 is 2.36 bits per heavy atom. The number of nitrogens with zero attached hydrogens (tertiary/aromatic N) is 1. The number of ether oxygens (including phenoxy) is 2. The van der Waals surface area contributed by atoms with E-state index in [1.165, 1.54) is 17.9 Å². The molecule has 0 aliphatic carbocycles. The van der Waals surface area contributed by atoms with E-state index in [1.54, 1.807) is 32.9 Å². The van der Waals surface area contributed by atoms with E-state index >= 15 is 0 Å². The van der Waals surface area contributed by atoms with Gasteiger partial charge in [-0.2, -0.15) is 0 Å². The Morgan fingerprint density at radius 2 is 1.86 bits per heavy atom. The van der Waals surface area contributed by atoms with Crippen LogP contribution < -0.4 is 4.74 Å². The number of hydrogen-bond donors (Lipinski definition) is 1. The Kier molecular flexibility index (Phi) is 3.87. The number of hydrogen-bond acceptors (Lipinski definition) is 4. The quantitative estimate of drug-likeness (QED) is 0.919. The first-order valence-electron chi connectivity index (χ1n) is 6.80. The molecule has 1 aromatic carbocycles. The topological polar surface area (TPSA) is 77.8 Å². The second-order valence-electron chi connectivity index (χ2n) is 6.06. The van der Waals surface area contributed by atoms with Crippen LogP contribution in [0.15, 0.2) is 18.3 Å². The molecule has 0 unspecified atom stereocenters. The summed E-state index contributed by atoms with van der Waals surface area (Å²) in [7, 11) is 1.46. The summed E-state index contributed by atoms with van der Waals surface area (Å²) in [4.78, 5) is 23.8. The number of aryl methyl sites for hydroxylation is 1. The molecule has 2 aromatic rings. The zero-order valence-electron chi connectivity index (χ0n) is 13.3. The van der Waals surface area contributed by atoms with E-state index < -0.39 is 17.7 Å². The number of carboxylic acids is 1.